The SMILES string of the molecule is CC=O.CN1CCN(C)CC1. The summed E-state index contributed by atoms with van der Waals surface area (Å²) in [6.45, 7) is 6.38. The van der Waals surface area contributed by atoms with Gasteiger partial charge in [-0.15, -0.1) is 0 Å². The second-order valence-corrected chi connectivity index (χ2v) is 2.84. The van der Waals surface area contributed by atoms with E-state index in [9.17, 15) is 0 Å². The van der Waals surface area contributed by atoms with Crippen molar-refractivity contribution in [2.75, 3.05) is 40.3 Å². The fraction of sp³-hybridized carbons (Fsp3) is 0.875. The maximum absolute atomic E-state index is 8.81. The van der Waals surface area contributed by atoms with Gasteiger partial charge in [0.15, 0.2) is 0 Å². The Morgan fingerprint density at radius 1 is 1.00 bits per heavy atom. The van der Waals surface area contributed by atoms with Crippen LogP contribution in [0.25, 0.3) is 0 Å². The molecule has 1 aliphatic rings. The molecule has 0 amide bonds. The molecule has 1 fully saturated rings. The van der Waals surface area contributed by atoms with Gasteiger partial charge in [-0.05, 0) is 21.0 Å². The Morgan fingerprint density at radius 2 is 1.18 bits per heavy atom. The number of hydrogen-bond acceptors (Lipinski definition) is 3. The van der Waals surface area contributed by atoms with E-state index in [-0.39, 0.29) is 0 Å². The van der Waals surface area contributed by atoms with Crippen LogP contribution in [0.15, 0.2) is 0 Å². The first kappa shape index (κ1) is 10.6. The molecule has 0 spiro atoms. The van der Waals surface area contributed by atoms with Crippen molar-refractivity contribution in [1.29, 1.82) is 0 Å². The predicted octanol–water partition coefficient (Wildman–Crippen LogP) is 0.0688. The molecule has 3 nitrogen and oxygen atoms in total. The minimum absolute atomic E-state index is 0.750. The molecule has 1 rings (SSSR count). The fourth-order valence-corrected chi connectivity index (χ4v) is 0.906. The standard InChI is InChI=1S/C6H14N2.C2H4O/c1-7-3-5-8(2)6-4-7;1-2-3/h3-6H2,1-2H3;2H,1H3. The molecule has 0 aromatic rings. The quantitative estimate of drug-likeness (QED) is 0.466. The Morgan fingerprint density at radius 3 is 1.36 bits per heavy atom. The highest BCUT2D eigenvalue weighted by molar-refractivity contribution is 5.44. The number of rotatable bonds is 0. The second kappa shape index (κ2) is 6.31. The van der Waals surface area contributed by atoms with Gasteiger partial charge in [0, 0.05) is 26.2 Å². The highest BCUT2D eigenvalue weighted by Gasteiger charge is 2.07. The molecule has 0 N–H and O–H groups in total. The van der Waals surface area contributed by atoms with E-state index in [1.165, 1.54) is 33.1 Å². The Kier molecular flexibility index (Phi) is 6.07. The third-order valence-electron chi connectivity index (χ3n) is 1.73. The monoisotopic (exact) mass is 158 g/mol. The molecule has 0 aromatic heterocycles. The summed E-state index contributed by atoms with van der Waals surface area (Å²) in [7, 11) is 4.35. The van der Waals surface area contributed by atoms with Gasteiger partial charge in [-0.1, -0.05) is 0 Å². The summed E-state index contributed by atoms with van der Waals surface area (Å²) in [5.41, 5.74) is 0. The number of hydrogen-bond donors (Lipinski definition) is 0. The summed E-state index contributed by atoms with van der Waals surface area (Å²) in [5, 5.41) is 0. The summed E-state index contributed by atoms with van der Waals surface area (Å²) in [4.78, 5) is 13.5. The van der Waals surface area contributed by atoms with Crippen LogP contribution in [0.2, 0.25) is 0 Å². The van der Waals surface area contributed by atoms with Gasteiger partial charge >= 0.3 is 0 Å². The number of piperazine rings is 1. The Balaban J connectivity index is 0.000000292. The largest absolute Gasteiger partial charge is 0.304 e. The molecule has 0 aromatic carbocycles. The van der Waals surface area contributed by atoms with Gasteiger partial charge < -0.3 is 14.6 Å². The highest BCUT2D eigenvalue weighted by atomic mass is 16.1. The smallest absolute Gasteiger partial charge is 0.116 e. The summed E-state index contributed by atoms with van der Waals surface area (Å²) in [6, 6.07) is 0. The van der Waals surface area contributed by atoms with Gasteiger partial charge in [0.2, 0.25) is 0 Å². The van der Waals surface area contributed by atoms with Crippen LogP contribution in [0.5, 0.6) is 0 Å². The lowest BCUT2D eigenvalue weighted by Gasteiger charge is -2.28. The van der Waals surface area contributed by atoms with Crippen LogP contribution in [0.1, 0.15) is 6.92 Å². The van der Waals surface area contributed by atoms with Crippen molar-refractivity contribution in [2.45, 2.75) is 6.92 Å². The van der Waals surface area contributed by atoms with E-state index >= 15 is 0 Å². The lowest BCUT2D eigenvalue weighted by atomic mass is 10.4. The van der Waals surface area contributed by atoms with Crippen molar-refractivity contribution in [1.82, 2.24) is 9.80 Å². The second-order valence-electron chi connectivity index (χ2n) is 2.84. The van der Waals surface area contributed by atoms with Gasteiger partial charge in [0.05, 0.1) is 0 Å². The molecule has 0 saturated carbocycles. The summed E-state index contributed by atoms with van der Waals surface area (Å²) in [6.07, 6.45) is 0.750. The summed E-state index contributed by atoms with van der Waals surface area (Å²) < 4.78 is 0. The average Bonchev–Trinajstić information content (AvgIpc) is 1.97. The predicted molar refractivity (Wildman–Crippen MR) is 46.7 cm³/mol. The highest BCUT2D eigenvalue weighted by Crippen LogP contribution is 1.93. The van der Waals surface area contributed by atoms with Gasteiger partial charge in [0.25, 0.3) is 0 Å². The molecule has 1 saturated heterocycles. The van der Waals surface area contributed by atoms with Crippen LogP contribution in [-0.2, 0) is 4.79 Å². The Bertz CT molecular complexity index is 88.3. The lowest BCUT2D eigenvalue weighted by Crippen LogP contribution is -2.42. The third kappa shape index (κ3) is 6.01. The molecule has 1 aliphatic heterocycles. The van der Waals surface area contributed by atoms with Crippen molar-refractivity contribution in [3.8, 4) is 0 Å². The number of aldehydes is 1. The van der Waals surface area contributed by atoms with E-state index in [1.54, 1.807) is 0 Å². The first-order chi connectivity index (χ1) is 5.20. The zero-order valence-corrected chi connectivity index (χ0v) is 7.71. The Labute approximate surface area is 69.0 Å². The molecule has 0 bridgehead atoms. The fourth-order valence-electron chi connectivity index (χ4n) is 0.906. The minimum atomic E-state index is 0.750. The maximum atomic E-state index is 8.81. The van der Waals surface area contributed by atoms with Crippen molar-refractivity contribution in [3.05, 3.63) is 0 Å². The van der Waals surface area contributed by atoms with Gasteiger partial charge in [0.1, 0.15) is 6.29 Å². The molecule has 0 atom stereocenters. The molecule has 0 unspecified atom stereocenters. The molecule has 1 heterocycles. The van der Waals surface area contributed by atoms with E-state index in [0.717, 1.165) is 6.29 Å². The zero-order chi connectivity index (χ0) is 8.69. The summed E-state index contributed by atoms with van der Waals surface area (Å²) >= 11 is 0. The molecular weight excluding hydrogens is 140 g/mol. The van der Waals surface area contributed by atoms with Crippen molar-refractivity contribution < 1.29 is 4.79 Å². The van der Waals surface area contributed by atoms with Crippen LogP contribution in [0.3, 0.4) is 0 Å². The van der Waals surface area contributed by atoms with E-state index < -0.39 is 0 Å². The van der Waals surface area contributed by atoms with Gasteiger partial charge in [-0.25, -0.2) is 0 Å². The molecule has 0 radical (unpaired) electrons. The Hall–Kier alpha value is -0.410. The molecular formula is C8H18N2O. The van der Waals surface area contributed by atoms with Crippen LogP contribution in [0.4, 0.5) is 0 Å². The first-order valence-corrected chi connectivity index (χ1v) is 3.97. The number of nitrogens with zero attached hydrogens (tertiary/aromatic N) is 2. The van der Waals surface area contributed by atoms with Crippen LogP contribution < -0.4 is 0 Å². The average molecular weight is 158 g/mol. The van der Waals surface area contributed by atoms with Crippen LogP contribution in [-0.4, -0.2) is 56.4 Å². The van der Waals surface area contributed by atoms with E-state index in [2.05, 4.69) is 23.9 Å². The number of carbonyl (C=O) groups is 1. The zero-order valence-electron chi connectivity index (χ0n) is 7.71. The lowest BCUT2D eigenvalue weighted by molar-refractivity contribution is -0.106. The maximum Gasteiger partial charge on any atom is 0.116 e. The van der Waals surface area contributed by atoms with E-state index in [0.29, 0.717) is 0 Å². The number of likely N-dealkylation sites (N-methyl/N-ethyl adjacent to an activating group) is 2. The van der Waals surface area contributed by atoms with E-state index in [1.807, 2.05) is 0 Å². The van der Waals surface area contributed by atoms with Crippen molar-refractivity contribution in [3.63, 3.8) is 0 Å². The minimum Gasteiger partial charge on any atom is -0.304 e. The van der Waals surface area contributed by atoms with Crippen LogP contribution in [0, 0.1) is 0 Å². The molecule has 11 heavy (non-hydrogen) atoms. The van der Waals surface area contributed by atoms with Crippen LogP contribution >= 0.6 is 0 Å². The van der Waals surface area contributed by atoms with Crippen molar-refractivity contribution in [2.24, 2.45) is 0 Å². The van der Waals surface area contributed by atoms with Crippen molar-refractivity contribution >= 4 is 6.29 Å². The molecule has 0 aliphatic carbocycles. The van der Waals surface area contributed by atoms with Gasteiger partial charge in [-0.3, -0.25) is 0 Å². The topological polar surface area (TPSA) is 23.6 Å². The molecule has 3 heteroatoms. The van der Waals surface area contributed by atoms with E-state index in [4.69, 9.17) is 4.79 Å². The first-order valence-electron chi connectivity index (χ1n) is 3.97. The molecule has 66 valence electrons. The van der Waals surface area contributed by atoms with Gasteiger partial charge in [-0.2, -0.15) is 0 Å². The summed E-state index contributed by atoms with van der Waals surface area (Å²) in [5.74, 6) is 0. The number of carbonyl (C=O) groups excluding carboxylic acids is 1. The third-order valence-corrected chi connectivity index (χ3v) is 1.73. The normalized spacial score (nSPS) is 20.3.